The van der Waals surface area contributed by atoms with E-state index in [1.807, 2.05) is 109 Å². The zero-order chi connectivity index (χ0) is 87.0. The summed E-state index contributed by atoms with van der Waals surface area (Å²) < 4.78 is 99.5. The number of nitrogens with one attached hydrogen (secondary N) is 2. The zero-order valence-electron chi connectivity index (χ0n) is 71.6. The van der Waals surface area contributed by atoms with E-state index < -0.39 is 94.6 Å². The van der Waals surface area contributed by atoms with Crippen LogP contribution in [-0.4, -0.2) is 178 Å². The normalized spacial score (nSPS) is 13.8. The van der Waals surface area contributed by atoms with Gasteiger partial charge < -0.3 is 82.7 Å². The summed E-state index contributed by atoms with van der Waals surface area (Å²) in [6, 6.07) is 53.3. The summed E-state index contributed by atoms with van der Waals surface area (Å²) in [5.41, 5.74) is 4.93. The largest absolute Gasteiger partial charge is 0.500 e. The highest BCUT2D eigenvalue weighted by Crippen LogP contribution is 2.58. The molecule has 0 saturated heterocycles. The van der Waals surface area contributed by atoms with E-state index in [2.05, 4.69) is 10.6 Å². The van der Waals surface area contributed by atoms with Crippen LogP contribution in [0.1, 0.15) is 103 Å². The first-order chi connectivity index (χ1) is 58.9. The number of rotatable bonds is 42. The second kappa shape index (κ2) is 38.5. The molecule has 0 spiro atoms. The fourth-order valence-electron chi connectivity index (χ4n) is 16.4. The van der Waals surface area contributed by atoms with Gasteiger partial charge in [0.25, 0.3) is 23.6 Å². The van der Waals surface area contributed by atoms with Gasteiger partial charge in [-0.25, -0.2) is 0 Å². The highest BCUT2D eigenvalue weighted by atomic mass is 28.4. The van der Waals surface area contributed by atoms with Gasteiger partial charge in [-0.3, -0.25) is 38.6 Å². The first-order valence-corrected chi connectivity index (χ1v) is 48.1. The Bertz CT molecular complexity index is 4960. The van der Waals surface area contributed by atoms with E-state index in [1.165, 1.54) is 0 Å². The van der Waals surface area contributed by atoms with E-state index in [-0.39, 0.29) is 124 Å². The third kappa shape index (κ3) is 18.0. The van der Waals surface area contributed by atoms with Crippen LogP contribution in [0.2, 0.25) is 24.2 Å². The molecule has 11 aromatic rings. The molecule has 0 aliphatic carbocycles. The first kappa shape index (κ1) is 89.3. The van der Waals surface area contributed by atoms with Gasteiger partial charge in [-0.15, -0.1) is 0 Å². The average Bonchev–Trinajstić information content (AvgIpc) is 0.669. The minimum Gasteiger partial charge on any atom is -0.457 e. The monoisotopic (exact) mass is 1730 g/mol. The molecule has 0 radical (unpaired) electrons. The molecule has 122 heavy (non-hydrogen) atoms. The molecule has 0 aromatic heterocycles. The summed E-state index contributed by atoms with van der Waals surface area (Å²) in [4.78, 5) is 99.0. The molecule has 0 saturated carbocycles. The third-order valence-electron chi connectivity index (χ3n) is 23.2. The average molecular weight is 1730 g/mol. The van der Waals surface area contributed by atoms with E-state index in [4.69, 9.17) is 72.1 Å². The molecule has 30 heteroatoms. The molecule has 2 aliphatic heterocycles. The molecule has 640 valence electrons. The van der Waals surface area contributed by atoms with Crippen molar-refractivity contribution in [3.8, 4) is 46.0 Å². The van der Waals surface area contributed by atoms with Gasteiger partial charge >= 0.3 is 35.2 Å². The lowest BCUT2D eigenvalue weighted by Crippen LogP contribution is -2.56. The first-order valence-electron chi connectivity index (χ1n) is 40.3. The molecule has 2 N–H and O–H groups in total. The number of aryl methyl sites for hydroxylation is 4. The lowest BCUT2D eigenvalue weighted by Gasteiger charge is -2.37. The Balaban J connectivity index is 1.15. The lowest BCUT2D eigenvalue weighted by atomic mass is 9.80. The van der Waals surface area contributed by atoms with Crippen LogP contribution in [0.3, 0.4) is 0 Å². The van der Waals surface area contributed by atoms with Gasteiger partial charge in [-0.2, -0.15) is 0 Å². The fourth-order valence-corrected chi connectivity index (χ4v) is 23.2. The van der Waals surface area contributed by atoms with Crippen LogP contribution < -0.4 is 29.6 Å². The topological polar surface area (TPSA) is 281 Å². The predicted octanol–water partition coefficient (Wildman–Crippen LogP) is 16.5. The van der Waals surface area contributed by atoms with Crippen LogP contribution in [0.25, 0.3) is 43.1 Å². The van der Waals surface area contributed by atoms with Gasteiger partial charge in [0.2, 0.25) is 11.8 Å². The Morgan fingerprint density at radius 3 is 0.697 bits per heavy atom. The number of ether oxygens (including phenoxy) is 4. The van der Waals surface area contributed by atoms with Crippen molar-refractivity contribution in [3.63, 3.8) is 0 Å². The van der Waals surface area contributed by atoms with Crippen molar-refractivity contribution in [1.82, 2.24) is 20.4 Å². The molecular formula is C92H104N4O22Si4. The number of carbonyl (C=O) groups is 6. The van der Waals surface area contributed by atoms with Crippen molar-refractivity contribution in [1.29, 1.82) is 0 Å². The maximum Gasteiger partial charge on any atom is 0.500 e. The summed E-state index contributed by atoms with van der Waals surface area (Å²) in [6.07, 6.45) is 1.93. The highest BCUT2D eigenvalue weighted by molar-refractivity contribution is 6.62. The Kier molecular flexibility index (Phi) is 28.2. The second-order valence-corrected chi connectivity index (χ2v) is 43.0. The van der Waals surface area contributed by atoms with Gasteiger partial charge in [-0.05, 0) is 144 Å². The number of imide groups is 2. The lowest BCUT2D eigenvalue weighted by molar-refractivity contribution is -0.127. The smallest absolute Gasteiger partial charge is 0.457 e. The molecule has 2 aliphatic rings. The molecule has 11 aromatic carbocycles. The van der Waals surface area contributed by atoms with Crippen molar-refractivity contribution in [2.75, 3.05) is 85.3 Å². The van der Waals surface area contributed by atoms with Crippen LogP contribution in [0.5, 0.6) is 46.0 Å². The third-order valence-corrected chi connectivity index (χ3v) is 34.1. The summed E-state index contributed by atoms with van der Waals surface area (Å²) in [5, 5.41) is 7.68. The molecule has 13 rings (SSSR count). The molecule has 0 fully saturated rings. The van der Waals surface area contributed by atoms with E-state index in [0.29, 0.717) is 49.9 Å². The van der Waals surface area contributed by atoms with Crippen LogP contribution in [0.4, 0.5) is 0 Å². The van der Waals surface area contributed by atoms with Crippen molar-refractivity contribution in [2.24, 2.45) is 11.8 Å². The SMILES string of the molecule is CO[Si](CCc1ccc(Oc2cc3c4c(cc(Oc5ccc(CC[Si](OC)(OC)OC)cc5)c5c6c(Oc7ccc(CC[Si](OC)(OC)OC)cc7)cc7c8c(cc(Oc9ccc(CC[Si](OC)(OC)OC)cc9)c(c2c45)c86)C(=O)N(C(C(=O)NCc2ccccc2)C(C)C)C7=O)C(=O)N(C(C(=O)NCc2ccccc2)C(C)C)C3=O)cc1)(OC)OC. The van der Waals surface area contributed by atoms with Crippen molar-refractivity contribution in [2.45, 2.75) is 103 Å². The Hall–Kier alpha value is -10.5. The molecule has 2 heterocycles. The number of hydrogen-bond acceptors (Lipinski definition) is 22. The Morgan fingerprint density at radius 1 is 0.287 bits per heavy atom. The number of fused-ring (bicyclic) bond motifs is 2. The van der Waals surface area contributed by atoms with Crippen LogP contribution in [-0.2, 0) is 101 Å². The van der Waals surface area contributed by atoms with Gasteiger partial charge in [0, 0.05) is 166 Å². The van der Waals surface area contributed by atoms with Gasteiger partial charge in [-0.1, -0.05) is 137 Å². The zero-order valence-corrected chi connectivity index (χ0v) is 75.6. The minimum absolute atomic E-state index is 0.0258. The Morgan fingerprint density at radius 2 is 0.500 bits per heavy atom. The van der Waals surface area contributed by atoms with Crippen LogP contribution >= 0.6 is 0 Å². The summed E-state index contributed by atoms with van der Waals surface area (Å²) in [7, 11) is 6.43. The summed E-state index contributed by atoms with van der Waals surface area (Å²) >= 11 is 0. The standard InChI is InChI=1S/C92H104N4O22Si4/c1-57(2)85(87(97)93-55-63-23-19-17-20-24-63)95-89(99)69-51-73(115-65-35-27-59(28-36-65)43-47-119(103-5,104-6)105-7)79-81-75(117-67-39-31-61(32-40-67)45-49-121(109-11,110-12)111-13)53-71-78-72(92(102)96(91(71)101)86(58(3)4)88(98)94-56-64-25-21-18-22-26-64)54-76(118-68-41-33-62(34-42-68)46-50-122(112-14,113-15)114-16)82(84(78)81)80-74(52-70(90(95)100)77(69)83(79)80)116-66-37-29-60(30-38-66)44-48-120(106-8,107-9)108-10/h17-42,51-54,57-58,85-86H,43-50,55-56H2,1-16H3,(H,93,97)(H,94,98). The van der Waals surface area contributed by atoms with E-state index in [1.54, 1.807) is 186 Å². The second-order valence-electron chi connectivity index (χ2n) is 30.6. The molecule has 2 unspecified atom stereocenters. The minimum atomic E-state index is -3.07. The quantitative estimate of drug-likeness (QED) is 0.0156. The molecule has 26 nitrogen and oxygen atoms in total. The van der Waals surface area contributed by atoms with E-state index >= 15 is 28.8 Å². The number of hydrogen-bond donors (Lipinski definition) is 2. The molecule has 0 bridgehead atoms. The Labute approximate surface area is 714 Å². The van der Waals surface area contributed by atoms with Crippen molar-refractivity contribution in [3.05, 3.63) is 238 Å². The molecular weight excluding hydrogens is 1630 g/mol. The van der Waals surface area contributed by atoms with Crippen LogP contribution in [0.15, 0.2) is 182 Å². The van der Waals surface area contributed by atoms with Crippen LogP contribution in [0, 0.1) is 11.8 Å². The van der Waals surface area contributed by atoms with E-state index in [0.717, 1.165) is 43.2 Å². The van der Waals surface area contributed by atoms with Crippen molar-refractivity contribution < 1.29 is 101 Å². The molecule has 2 atom stereocenters. The molecule has 6 amide bonds. The maximum absolute atomic E-state index is 16.6. The number of amides is 6. The fraction of sp³-hybridized carbons (Fsp3) is 0.326. The van der Waals surface area contributed by atoms with Gasteiger partial charge in [0.1, 0.15) is 58.1 Å². The van der Waals surface area contributed by atoms with E-state index in [9.17, 15) is 0 Å². The predicted molar refractivity (Wildman–Crippen MR) is 470 cm³/mol. The van der Waals surface area contributed by atoms with Gasteiger partial charge in [0.05, 0.1) is 22.3 Å². The summed E-state index contributed by atoms with van der Waals surface area (Å²) in [5.74, 6) is -4.55. The number of benzene rings is 11. The van der Waals surface area contributed by atoms with Gasteiger partial charge in [0.15, 0.2) is 0 Å². The van der Waals surface area contributed by atoms with Crippen molar-refractivity contribution >= 4 is 114 Å². The number of nitrogens with zero attached hydrogens (tertiary/aromatic N) is 2. The maximum atomic E-state index is 16.6. The summed E-state index contributed by atoms with van der Waals surface area (Å²) in [6.45, 7) is 7.25. The highest BCUT2D eigenvalue weighted by Gasteiger charge is 2.49. The number of carbonyl (C=O) groups excluding carboxylic acids is 6.